The molecule has 0 saturated heterocycles. The maximum atomic E-state index is 13.0. The van der Waals surface area contributed by atoms with Crippen LogP contribution in [0.2, 0.25) is 0 Å². The van der Waals surface area contributed by atoms with E-state index >= 15 is 0 Å². The average Bonchev–Trinajstić information content (AvgIpc) is 2.95. The van der Waals surface area contributed by atoms with Crippen molar-refractivity contribution in [2.24, 2.45) is 0 Å². The van der Waals surface area contributed by atoms with Crippen LogP contribution in [0.25, 0.3) is 5.65 Å². The summed E-state index contributed by atoms with van der Waals surface area (Å²) >= 11 is 0. The maximum absolute atomic E-state index is 13.0. The van der Waals surface area contributed by atoms with E-state index < -0.39 is 35.1 Å². The van der Waals surface area contributed by atoms with Crippen molar-refractivity contribution in [3.05, 3.63) is 64.6 Å². The van der Waals surface area contributed by atoms with Crippen molar-refractivity contribution in [3.8, 4) is 0 Å². The number of benzene rings is 1. The van der Waals surface area contributed by atoms with Gasteiger partial charge in [0.05, 0.1) is 22.4 Å². The number of pyridine rings is 1. The fourth-order valence-electron chi connectivity index (χ4n) is 2.91. The Morgan fingerprint density at radius 1 is 1.03 bits per heavy atom. The van der Waals surface area contributed by atoms with Gasteiger partial charge in [-0.15, -0.1) is 0 Å². The zero-order valence-electron chi connectivity index (χ0n) is 15.2. The summed E-state index contributed by atoms with van der Waals surface area (Å²) in [5.41, 5.74) is -1.37. The van der Waals surface area contributed by atoms with Gasteiger partial charge in [-0.25, -0.2) is 4.98 Å². The van der Waals surface area contributed by atoms with E-state index in [4.69, 9.17) is 0 Å². The van der Waals surface area contributed by atoms with Crippen LogP contribution in [-0.4, -0.2) is 15.3 Å². The van der Waals surface area contributed by atoms with Gasteiger partial charge in [0, 0.05) is 17.6 Å². The van der Waals surface area contributed by atoms with Crippen molar-refractivity contribution in [1.82, 2.24) is 9.38 Å². The van der Waals surface area contributed by atoms with Gasteiger partial charge in [0.15, 0.2) is 0 Å². The number of aromatic nitrogens is 2. The Kier molecular flexibility index (Phi) is 5.06. The van der Waals surface area contributed by atoms with Crippen molar-refractivity contribution < 1.29 is 31.1 Å². The van der Waals surface area contributed by atoms with E-state index in [9.17, 15) is 31.1 Å². The number of anilines is 1. The standard InChI is InChI=1S/C19H15F6N3O/c1-3-15-10(2)28-9-11(4-5-16(28)27-15)17(29)26-14-7-12(18(20,21)22)6-13(8-14)19(23,24)25/h4-9H,3H2,1-2H3,(H,26,29). The van der Waals surface area contributed by atoms with Crippen LogP contribution in [0.3, 0.4) is 0 Å². The first kappa shape index (κ1) is 20.7. The molecule has 0 spiro atoms. The van der Waals surface area contributed by atoms with Crippen LogP contribution >= 0.6 is 0 Å². The molecule has 4 nitrogen and oxygen atoms in total. The van der Waals surface area contributed by atoms with E-state index in [0.717, 1.165) is 11.4 Å². The van der Waals surface area contributed by atoms with E-state index in [2.05, 4.69) is 10.3 Å². The lowest BCUT2D eigenvalue weighted by atomic mass is 10.1. The van der Waals surface area contributed by atoms with Crippen LogP contribution in [0.15, 0.2) is 36.5 Å². The summed E-state index contributed by atoms with van der Waals surface area (Å²) < 4.78 is 79.4. The van der Waals surface area contributed by atoms with Gasteiger partial charge in [0.2, 0.25) is 0 Å². The van der Waals surface area contributed by atoms with Gasteiger partial charge in [0.25, 0.3) is 5.91 Å². The predicted octanol–water partition coefficient (Wildman–Crippen LogP) is 5.50. The van der Waals surface area contributed by atoms with Gasteiger partial charge in [-0.1, -0.05) is 6.92 Å². The maximum Gasteiger partial charge on any atom is 0.416 e. The lowest BCUT2D eigenvalue weighted by molar-refractivity contribution is -0.143. The molecule has 154 valence electrons. The number of alkyl halides is 6. The normalized spacial score (nSPS) is 12.4. The number of rotatable bonds is 3. The number of aryl methyl sites for hydroxylation is 2. The third kappa shape index (κ3) is 4.20. The van der Waals surface area contributed by atoms with Crippen molar-refractivity contribution in [2.45, 2.75) is 32.6 Å². The third-order valence-electron chi connectivity index (χ3n) is 4.40. The molecule has 0 atom stereocenters. The van der Waals surface area contributed by atoms with Crippen LogP contribution < -0.4 is 5.32 Å². The van der Waals surface area contributed by atoms with Crippen molar-refractivity contribution in [1.29, 1.82) is 0 Å². The lowest BCUT2D eigenvalue weighted by Crippen LogP contribution is -2.16. The van der Waals surface area contributed by atoms with Crippen molar-refractivity contribution in [3.63, 3.8) is 0 Å². The van der Waals surface area contributed by atoms with E-state index in [-0.39, 0.29) is 11.6 Å². The number of hydrogen-bond acceptors (Lipinski definition) is 2. The second-order valence-corrected chi connectivity index (χ2v) is 6.39. The molecule has 3 rings (SSSR count). The molecule has 0 fully saturated rings. The minimum Gasteiger partial charge on any atom is -0.322 e. The van der Waals surface area contributed by atoms with Crippen LogP contribution in [0, 0.1) is 6.92 Å². The monoisotopic (exact) mass is 415 g/mol. The molecule has 10 heteroatoms. The second kappa shape index (κ2) is 7.09. The number of nitrogens with one attached hydrogen (secondary N) is 1. The molecule has 0 aliphatic rings. The highest BCUT2D eigenvalue weighted by Crippen LogP contribution is 2.37. The van der Waals surface area contributed by atoms with Gasteiger partial charge >= 0.3 is 12.4 Å². The second-order valence-electron chi connectivity index (χ2n) is 6.39. The Balaban J connectivity index is 1.98. The Morgan fingerprint density at radius 3 is 2.14 bits per heavy atom. The molecule has 2 aromatic heterocycles. The fourth-order valence-corrected chi connectivity index (χ4v) is 2.91. The molecule has 0 unspecified atom stereocenters. The summed E-state index contributed by atoms with van der Waals surface area (Å²) in [4.78, 5) is 16.8. The van der Waals surface area contributed by atoms with E-state index in [1.807, 2.05) is 6.92 Å². The van der Waals surface area contributed by atoms with Gasteiger partial charge in [-0.2, -0.15) is 26.3 Å². The molecule has 0 radical (unpaired) electrons. The first-order valence-electron chi connectivity index (χ1n) is 8.48. The van der Waals surface area contributed by atoms with Gasteiger partial charge in [-0.05, 0) is 43.7 Å². The Hall–Kier alpha value is -3.04. The summed E-state index contributed by atoms with van der Waals surface area (Å²) in [6, 6.07) is 3.87. The average molecular weight is 415 g/mol. The van der Waals surface area contributed by atoms with Crippen LogP contribution in [0.5, 0.6) is 0 Å². The number of carbonyl (C=O) groups is 1. The molecule has 0 bridgehead atoms. The zero-order valence-corrected chi connectivity index (χ0v) is 15.2. The molecule has 3 aromatic rings. The van der Waals surface area contributed by atoms with Gasteiger partial charge in [-0.3, -0.25) is 4.79 Å². The Labute approximate surface area is 161 Å². The minimum absolute atomic E-state index is 0.00282. The molecule has 0 aliphatic heterocycles. The van der Waals surface area contributed by atoms with Crippen LogP contribution in [-0.2, 0) is 18.8 Å². The summed E-state index contributed by atoms with van der Waals surface area (Å²) in [7, 11) is 0. The quantitative estimate of drug-likeness (QED) is 0.575. The molecule has 2 heterocycles. The van der Waals surface area contributed by atoms with Crippen molar-refractivity contribution >= 4 is 17.2 Å². The molecule has 1 aromatic carbocycles. The number of imidazole rings is 1. The molecule has 1 N–H and O–H groups in total. The molecule has 29 heavy (non-hydrogen) atoms. The Morgan fingerprint density at radius 2 is 1.62 bits per heavy atom. The van der Waals surface area contributed by atoms with Crippen LogP contribution in [0.4, 0.5) is 32.0 Å². The first-order valence-corrected chi connectivity index (χ1v) is 8.48. The molecular formula is C19H15F6N3O. The first-order chi connectivity index (χ1) is 13.4. The topological polar surface area (TPSA) is 46.4 Å². The summed E-state index contributed by atoms with van der Waals surface area (Å²) in [5.74, 6) is -0.842. The zero-order chi connectivity index (χ0) is 21.6. The highest BCUT2D eigenvalue weighted by molar-refractivity contribution is 6.04. The highest BCUT2D eigenvalue weighted by atomic mass is 19.4. The third-order valence-corrected chi connectivity index (χ3v) is 4.40. The largest absolute Gasteiger partial charge is 0.416 e. The summed E-state index contributed by atoms with van der Waals surface area (Å²) in [6.45, 7) is 3.71. The number of fused-ring (bicyclic) bond motifs is 1. The Bertz CT molecular complexity index is 1050. The number of nitrogens with zero attached hydrogens (tertiary/aromatic N) is 2. The summed E-state index contributed by atoms with van der Waals surface area (Å²) in [6.07, 6.45) is -7.89. The fraction of sp³-hybridized carbons (Fsp3) is 0.263. The SMILES string of the molecule is CCc1nc2ccc(C(=O)Nc3cc(C(F)(F)F)cc(C(F)(F)F)c3)cn2c1C. The highest BCUT2D eigenvalue weighted by Gasteiger charge is 2.37. The molecule has 0 saturated carbocycles. The molecule has 0 aliphatic carbocycles. The molecular weight excluding hydrogens is 400 g/mol. The smallest absolute Gasteiger partial charge is 0.322 e. The van der Waals surface area contributed by atoms with E-state index in [0.29, 0.717) is 24.2 Å². The van der Waals surface area contributed by atoms with Crippen molar-refractivity contribution in [2.75, 3.05) is 5.32 Å². The van der Waals surface area contributed by atoms with Crippen LogP contribution in [0.1, 0.15) is 39.8 Å². The van der Waals surface area contributed by atoms with Gasteiger partial charge in [0.1, 0.15) is 5.65 Å². The van der Waals surface area contributed by atoms with Gasteiger partial charge < -0.3 is 9.72 Å². The minimum atomic E-state index is -5.00. The lowest BCUT2D eigenvalue weighted by Gasteiger charge is -2.15. The number of carbonyl (C=O) groups excluding carboxylic acids is 1. The molecule has 1 amide bonds. The predicted molar refractivity (Wildman–Crippen MR) is 93.7 cm³/mol. The number of hydrogen-bond donors (Lipinski definition) is 1. The number of halogens is 6. The summed E-state index contributed by atoms with van der Waals surface area (Å²) in [5, 5.41) is 2.12. The van der Waals surface area contributed by atoms with E-state index in [1.165, 1.54) is 12.3 Å². The van der Waals surface area contributed by atoms with E-state index in [1.54, 1.807) is 17.4 Å². The number of amides is 1.